The first-order valence-electron chi connectivity index (χ1n) is 10.0. The van der Waals surface area contributed by atoms with Crippen LogP contribution in [0.15, 0.2) is 39.1 Å². The number of nitrogens with one attached hydrogen (secondary N) is 1. The number of carbonyl (C=O) groups excluding carboxylic acids is 1. The molecule has 0 aliphatic carbocycles. The van der Waals surface area contributed by atoms with Crippen molar-refractivity contribution in [2.75, 3.05) is 18.4 Å². The first-order valence-corrected chi connectivity index (χ1v) is 12.3. The fourth-order valence-electron chi connectivity index (χ4n) is 3.87. The van der Waals surface area contributed by atoms with Crippen LogP contribution in [0.3, 0.4) is 0 Å². The zero-order valence-corrected chi connectivity index (χ0v) is 19.2. The van der Waals surface area contributed by atoms with Crippen LogP contribution < -0.4 is 5.32 Å². The van der Waals surface area contributed by atoms with Gasteiger partial charge in [0.05, 0.1) is 11.6 Å². The molecule has 31 heavy (non-hydrogen) atoms. The highest BCUT2D eigenvalue weighted by molar-refractivity contribution is 7.89. The van der Waals surface area contributed by atoms with E-state index in [0.717, 1.165) is 16.8 Å². The number of nitrogens with zero attached hydrogens (tertiary/aromatic N) is 3. The van der Waals surface area contributed by atoms with Gasteiger partial charge in [0.2, 0.25) is 15.9 Å². The summed E-state index contributed by atoms with van der Waals surface area (Å²) >= 11 is 1.36. The second-order valence-electron chi connectivity index (χ2n) is 7.70. The molecule has 0 radical (unpaired) electrons. The van der Waals surface area contributed by atoms with Gasteiger partial charge in [-0.05, 0) is 39.2 Å². The maximum atomic E-state index is 13.1. The van der Waals surface area contributed by atoms with Gasteiger partial charge in [0.25, 0.3) is 0 Å². The Bertz CT molecular complexity index is 1200. The van der Waals surface area contributed by atoms with Crippen molar-refractivity contribution in [3.8, 4) is 11.3 Å². The van der Waals surface area contributed by atoms with E-state index in [-0.39, 0.29) is 23.1 Å². The molecule has 1 aliphatic heterocycles. The summed E-state index contributed by atoms with van der Waals surface area (Å²) in [5, 5.41) is 9.04. The second kappa shape index (κ2) is 8.52. The third kappa shape index (κ3) is 4.28. The van der Waals surface area contributed by atoms with Gasteiger partial charge in [-0.1, -0.05) is 29.4 Å². The van der Waals surface area contributed by atoms with Crippen molar-refractivity contribution >= 4 is 32.4 Å². The molecule has 1 aliphatic rings. The van der Waals surface area contributed by atoms with Crippen LogP contribution in [0, 0.1) is 26.7 Å². The third-order valence-corrected chi connectivity index (χ3v) is 8.34. The molecule has 8 nitrogen and oxygen atoms in total. The van der Waals surface area contributed by atoms with Crippen molar-refractivity contribution in [3.05, 3.63) is 46.7 Å². The number of aryl methyl sites for hydroxylation is 3. The van der Waals surface area contributed by atoms with E-state index in [4.69, 9.17) is 4.52 Å². The molecule has 10 heteroatoms. The van der Waals surface area contributed by atoms with E-state index in [1.807, 2.05) is 36.6 Å². The van der Waals surface area contributed by atoms with Crippen LogP contribution in [0.5, 0.6) is 0 Å². The summed E-state index contributed by atoms with van der Waals surface area (Å²) in [6.07, 6.45) is 1.22. The Morgan fingerprint density at radius 1 is 1.26 bits per heavy atom. The van der Waals surface area contributed by atoms with E-state index in [1.54, 1.807) is 13.8 Å². The molecule has 1 saturated heterocycles. The van der Waals surface area contributed by atoms with Crippen molar-refractivity contribution in [2.45, 2.75) is 38.5 Å². The number of aromatic nitrogens is 2. The normalized spacial score (nSPS) is 17.6. The molecule has 1 atom stereocenters. The molecule has 3 heterocycles. The number of anilines is 1. The van der Waals surface area contributed by atoms with Gasteiger partial charge in [-0.2, -0.15) is 4.31 Å². The number of thiazole rings is 1. The third-order valence-electron chi connectivity index (χ3n) is 5.48. The molecule has 0 spiro atoms. The van der Waals surface area contributed by atoms with Gasteiger partial charge >= 0.3 is 0 Å². The Morgan fingerprint density at radius 2 is 2.03 bits per heavy atom. The van der Waals surface area contributed by atoms with Crippen LogP contribution >= 0.6 is 11.3 Å². The Kier molecular flexibility index (Phi) is 5.96. The number of amides is 1. The van der Waals surface area contributed by atoms with E-state index < -0.39 is 15.9 Å². The van der Waals surface area contributed by atoms with E-state index >= 15 is 0 Å². The predicted molar refractivity (Wildman–Crippen MR) is 118 cm³/mol. The summed E-state index contributed by atoms with van der Waals surface area (Å²) in [5.74, 6) is -0.408. The van der Waals surface area contributed by atoms with Crippen molar-refractivity contribution in [1.82, 2.24) is 14.4 Å². The zero-order valence-electron chi connectivity index (χ0n) is 17.6. The van der Waals surface area contributed by atoms with Gasteiger partial charge < -0.3 is 9.84 Å². The highest BCUT2D eigenvalue weighted by Crippen LogP contribution is 2.30. The molecule has 0 saturated carbocycles. The summed E-state index contributed by atoms with van der Waals surface area (Å²) < 4.78 is 32.6. The molecule has 1 unspecified atom stereocenters. The zero-order chi connectivity index (χ0) is 22.2. The molecule has 164 valence electrons. The Balaban J connectivity index is 1.47. The van der Waals surface area contributed by atoms with Crippen molar-refractivity contribution in [2.24, 2.45) is 5.92 Å². The molecule has 1 N–H and O–H groups in total. The number of hydrogen-bond donors (Lipinski definition) is 1. The lowest BCUT2D eigenvalue weighted by molar-refractivity contribution is -0.120. The van der Waals surface area contributed by atoms with Crippen molar-refractivity contribution in [3.63, 3.8) is 0 Å². The molecule has 4 rings (SSSR count). The second-order valence-corrected chi connectivity index (χ2v) is 10.4. The minimum absolute atomic E-state index is 0.0938. The highest BCUT2D eigenvalue weighted by Gasteiger charge is 2.36. The quantitative estimate of drug-likeness (QED) is 0.621. The minimum Gasteiger partial charge on any atom is -0.360 e. The van der Waals surface area contributed by atoms with Gasteiger partial charge in [-0.15, -0.1) is 11.3 Å². The summed E-state index contributed by atoms with van der Waals surface area (Å²) in [4.78, 5) is 17.5. The molecule has 1 amide bonds. The van der Waals surface area contributed by atoms with Crippen LogP contribution in [0.1, 0.15) is 29.9 Å². The highest BCUT2D eigenvalue weighted by atomic mass is 32.2. The summed E-state index contributed by atoms with van der Waals surface area (Å²) in [6.45, 7) is 5.68. The smallest absolute Gasteiger partial charge is 0.248 e. The van der Waals surface area contributed by atoms with E-state index in [1.165, 1.54) is 15.6 Å². The topological polar surface area (TPSA) is 105 Å². The maximum absolute atomic E-state index is 13.1. The summed E-state index contributed by atoms with van der Waals surface area (Å²) in [5.41, 5.74) is 3.27. The van der Waals surface area contributed by atoms with E-state index in [9.17, 15) is 13.2 Å². The van der Waals surface area contributed by atoms with Gasteiger partial charge in [0.15, 0.2) is 10.9 Å². The van der Waals surface area contributed by atoms with E-state index in [2.05, 4.69) is 15.5 Å². The summed E-state index contributed by atoms with van der Waals surface area (Å²) in [6, 6.07) is 7.94. The number of sulfonamides is 1. The fourth-order valence-corrected chi connectivity index (χ4v) is 6.40. The Hall–Kier alpha value is -2.56. The minimum atomic E-state index is -3.77. The van der Waals surface area contributed by atoms with Crippen LogP contribution in [-0.4, -0.2) is 41.9 Å². The van der Waals surface area contributed by atoms with Crippen LogP contribution in [0.4, 0.5) is 5.13 Å². The van der Waals surface area contributed by atoms with Crippen molar-refractivity contribution < 1.29 is 17.7 Å². The monoisotopic (exact) mass is 460 g/mol. The van der Waals surface area contributed by atoms with Crippen LogP contribution in [0.25, 0.3) is 11.3 Å². The number of carbonyl (C=O) groups is 1. The summed E-state index contributed by atoms with van der Waals surface area (Å²) in [7, 11) is -3.77. The van der Waals surface area contributed by atoms with Gasteiger partial charge in [0.1, 0.15) is 10.6 Å². The molecule has 1 aromatic carbocycles. The average molecular weight is 461 g/mol. The van der Waals surface area contributed by atoms with Gasteiger partial charge in [0, 0.05) is 24.0 Å². The fraction of sp³-hybridized carbons (Fsp3) is 0.381. The lowest BCUT2D eigenvalue weighted by Gasteiger charge is -2.30. The molecule has 0 bridgehead atoms. The average Bonchev–Trinajstić information content (AvgIpc) is 3.34. The lowest BCUT2D eigenvalue weighted by atomic mass is 9.99. The van der Waals surface area contributed by atoms with E-state index in [0.29, 0.717) is 30.2 Å². The van der Waals surface area contributed by atoms with Crippen LogP contribution in [-0.2, 0) is 14.8 Å². The molecule has 2 aromatic heterocycles. The number of hydrogen-bond acceptors (Lipinski definition) is 7. The Morgan fingerprint density at radius 3 is 2.74 bits per heavy atom. The number of piperidine rings is 1. The first-order chi connectivity index (χ1) is 14.8. The van der Waals surface area contributed by atoms with Crippen molar-refractivity contribution in [1.29, 1.82) is 0 Å². The largest absolute Gasteiger partial charge is 0.360 e. The molecule has 1 fully saturated rings. The first kappa shape index (κ1) is 21.7. The Labute approximate surface area is 185 Å². The van der Waals surface area contributed by atoms with Gasteiger partial charge in [-0.3, -0.25) is 4.79 Å². The molecular formula is C21H24N4O4S2. The molecular weight excluding hydrogens is 436 g/mol. The molecule has 3 aromatic rings. The van der Waals surface area contributed by atoms with Crippen LogP contribution in [0.2, 0.25) is 0 Å². The number of benzene rings is 1. The maximum Gasteiger partial charge on any atom is 0.248 e. The predicted octanol–water partition coefficient (Wildman–Crippen LogP) is 3.76. The standard InChI is InChI=1S/C21H24N4O4S2/c1-13-7-4-5-9-17(13)18-12-30-21(22-18)23-20(26)16-8-6-10-25(11-16)31(27,28)19-14(2)24-29-15(19)3/h4-5,7,9,12,16H,6,8,10-11H2,1-3H3,(H,22,23,26). The number of rotatable bonds is 5. The lowest BCUT2D eigenvalue weighted by Crippen LogP contribution is -2.43. The van der Waals surface area contributed by atoms with Gasteiger partial charge in [-0.25, -0.2) is 13.4 Å². The SMILES string of the molecule is Cc1ccccc1-c1csc(NC(=O)C2CCCN(S(=O)(=O)c3c(C)noc3C)C2)n1.